The zero-order valence-electron chi connectivity index (χ0n) is 16.8. The van der Waals surface area contributed by atoms with Crippen LogP contribution in [0.2, 0.25) is 0 Å². The third-order valence-electron chi connectivity index (χ3n) is 5.42. The maximum atomic E-state index is 13.0. The molecule has 3 N–H and O–H groups in total. The van der Waals surface area contributed by atoms with E-state index in [2.05, 4.69) is 22.4 Å². The largest absolute Gasteiger partial charge is 0.478 e. The van der Waals surface area contributed by atoms with Gasteiger partial charge in [0.25, 0.3) is 5.91 Å². The summed E-state index contributed by atoms with van der Waals surface area (Å²) in [6, 6.07) is 14.6. The molecule has 7 heteroatoms. The maximum absolute atomic E-state index is 13.0. The predicted octanol–water partition coefficient (Wildman–Crippen LogP) is 4.36. The molecule has 4 rings (SSSR count). The monoisotopic (exact) mass is 404 g/mol. The van der Waals surface area contributed by atoms with E-state index in [0.717, 1.165) is 36.1 Å². The Bertz CT molecular complexity index is 1060. The number of anilines is 1. The SMILES string of the molecule is CCCCC1Nc2cn[nH]c2C(=O)N1Cc1ccc(-c2ccccc2C(=O)O)cc1. The molecular formula is C23H24N4O3. The van der Waals surface area contributed by atoms with Gasteiger partial charge >= 0.3 is 5.97 Å². The van der Waals surface area contributed by atoms with Crippen LogP contribution in [0, 0.1) is 0 Å². The summed E-state index contributed by atoms with van der Waals surface area (Å²) in [4.78, 5) is 26.3. The quantitative estimate of drug-likeness (QED) is 0.543. The molecule has 0 saturated carbocycles. The first-order chi connectivity index (χ1) is 14.6. The molecule has 0 bridgehead atoms. The van der Waals surface area contributed by atoms with Crippen molar-refractivity contribution < 1.29 is 14.7 Å². The lowest BCUT2D eigenvalue weighted by Gasteiger charge is -2.36. The number of aromatic amines is 1. The molecule has 0 radical (unpaired) electrons. The van der Waals surface area contributed by atoms with Crippen LogP contribution in [0.25, 0.3) is 11.1 Å². The van der Waals surface area contributed by atoms with E-state index >= 15 is 0 Å². The van der Waals surface area contributed by atoms with Crippen LogP contribution in [0.5, 0.6) is 0 Å². The number of aromatic carboxylic acids is 1. The fourth-order valence-corrected chi connectivity index (χ4v) is 3.82. The van der Waals surface area contributed by atoms with E-state index in [1.165, 1.54) is 0 Å². The normalized spacial score (nSPS) is 15.6. The lowest BCUT2D eigenvalue weighted by atomic mass is 9.98. The molecule has 1 atom stereocenters. The van der Waals surface area contributed by atoms with E-state index in [4.69, 9.17) is 0 Å². The third-order valence-corrected chi connectivity index (χ3v) is 5.42. The summed E-state index contributed by atoms with van der Waals surface area (Å²) < 4.78 is 0. The third kappa shape index (κ3) is 3.78. The summed E-state index contributed by atoms with van der Waals surface area (Å²) in [7, 11) is 0. The lowest BCUT2D eigenvalue weighted by Crippen LogP contribution is -2.48. The van der Waals surface area contributed by atoms with Gasteiger partial charge in [-0.3, -0.25) is 9.89 Å². The number of H-pyrrole nitrogens is 1. The second-order valence-electron chi connectivity index (χ2n) is 7.44. The number of rotatable bonds is 7. The first kappa shape index (κ1) is 19.7. The zero-order chi connectivity index (χ0) is 21.1. The topological polar surface area (TPSA) is 98.3 Å². The number of hydrogen-bond acceptors (Lipinski definition) is 4. The summed E-state index contributed by atoms with van der Waals surface area (Å²) in [5, 5.41) is 19.6. The fourth-order valence-electron chi connectivity index (χ4n) is 3.82. The molecule has 1 aliphatic heterocycles. The molecular weight excluding hydrogens is 380 g/mol. The van der Waals surface area contributed by atoms with Gasteiger partial charge in [-0.1, -0.05) is 55.8 Å². The molecule has 1 aromatic heterocycles. The maximum Gasteiger partial charge on any atom is 0.336 e. The van der Waals surface area contributed by atoms with Crippen LogP contribution in [-0.4, -0.2) is 38.2 Å². The number of fused-ring (bicyclic) bond motifs is 1. The number of hydrogen-bond donors (Lipinski definition) is 3. The molecule has 0 saturated heterocycles. The van der Waals surface area contributed by atoms with Gasteiger partial charge in [0.15, 0.2) is 0 Å². The van der Waals surface area contributed by atoms with E-state index in [9.17, 15) is 14.7 Å². The van der Waals surface area contributed by atoms with Crippen molar-refractivity contribution in [2.24, 2.45) is 0 Å². The van der Waals surface area contributed by atoms with Crippen LogP contribution in [0.1, 0.15) is 52.6 Å². The molecule has 0 fully saturated rings. The number of nitrogens with one attached hydrogen (secondary N) is 2. The Labute approximate surface area is 174 Å². The summed E-state index contributed by atoms with van der Waals surface area (Å²) in [6.07, 6.45) is 4.49. The van der Waals surface area contributed by atoms with Crippen molar-refractivity contribution in [2.45, 2.75) is 38.9 Å². The Morgan fingerprint density at radius 2 is 1.93 bits per heavy atom. The molecule has 0 aliphatic carbocycles. The number of carbonyl (C=O) groups is 2. The molecule has 2 heterocycles. The van der Waals surface area contributed by atoms with Crippen molar-refractivity contribution in [2.75, 3.05) is 5.32 Å². The fraction of sp³-hybridized carbons (Fsp3) is 0.261. The van der Waals surface area contributed by atoms with Gasteiger partial charge in [0.2, 0.25) is 0 Å². The van der Waals surface area contributed by atoms with Crippen LogP contribution in [0.15, 0.2) is 54.7 Å². The second kappa shape index (κ2) is 8.41. The standard InChI is InChI=1S/C23H24N4O3/c1-2-3-8-20-25-19-13-24-26-21(19)22(28)27(20)14-15-9-11-16(12-10-15)17-6-4-5-7-18(17)23(29)30/h4-7,9-13,20,25H,2-3,8,14H2,1H3,(H,24,26)(H,29,30). The minimum atomic E-state index is -0.950. The summed E-state index contributed by atoms with van der Waals surface area (Å²) in [5.74, 6) is -1.02. The van der Waals surface area contributed by atoms with E-state index < -0.39 is 5.97 Å². The number of amides is 1. The second-order valence-corrected chi connectivity index (χ2v) is 7.44. The molecule has 154 valence electrons. The van der Waals surface area contributed by atoms with Crippen LogP contribution in [0.3, 0.4) is 0 Å². The Morgan fingerprint density at radius 1 is 1.17 bits per heavy atom. The lowest BCUT2D eigenvalue weighted by molar-refractivity contribution is 0.0649. The molecule has 0 spiro atoms. The van der Waals surface area contributed by atoms with Gasteiger partial charge in [0.1, 0.15) is 11.9 Å². The Hall–Kier alpha value is -3.61. The molecule has 2 aromatic carbocycles. The molecule has 1 aliphatic rings. The summed E-state index contributed by atoms with van der Waals surface area (Å²) in [6.45, 7) is 2.59. The van der Waals surface area contributed by atoms with Crippen molar-refractivity contribution in [3.63, 3.8) is 0 Å². The summed E-state index contributed by atoms with van der Waals surface area (Å²) >= 11 is 0. The smallest absolute Gasteiger partial charge is 0.336 e. The number of benzene rings is 2. The van der Waals surface area contributed by atoms with E-state index in [0.29, 0.717) is 17.8 Å². The van der Waals surface area contributed by atoms with Crippen molar-refractivity contribution in [3.05, 3.63) is 71.5 Å². The van der Waals surface area contributed by atoms with Gasteiger partial charge < -0.3 is 15.3 Å². The van der Waals surface area contributed by atoms with Crippen molar-refractivity contribution in [1.29, 1.82) is 0 Å². The van der Waals surface area contributed by atoms with Crippen LogP contribution in [-0.2, 0) is 6.54 Å². The first-order valence-electron chi connectivity index (χ1n) is 10.1. The number of carboxylic acids is 1. The number of carbonyl (C=O) groups excluding carboxylic acids is 1. The van der Waals surface area contributed by atoms with Crippen LogP contribution in [0.4, 0.5) is 5.69 Å². The van der Waals surface area contributed by atoms with E-state index in [-0.39, 0.29) is 17.6 Å². The highest BCUT2D eigenvalue weighted by atomic mass is 16.4. The van der Waals surface area contributed by atoms with Gasteiger partial charge in [0.05, 0.1) is 17.4 Å². The molecule has 7 nitrogen and oxygen atoms in total. The minimum Gasteiger partial charge on any atom is -0.478 e. The minimum absolute atomic E-state index is 0.0670. The van der Waals surface area contributed by atoms with Crippen molar-refractivity contribution in [1.82, 2.24) is 15.1 Å². The van der Waals surface area contributed by atoms with Gasteiger partial charge in [0, 0.05) is 6.54 Å². The Kier molecular flexibility index (Phi) is 5.52. The molecule has 3 aromatic rings. The van der Waals surface area contributed by atoms with E-state index in [1.54, 1.807) is 24.4 Å². The molecule has 1 amide bonds. The highest BCUT2D eigenvalue weighted by molar-refractivity contribution is 5.99. The van der Waals surface area contributed by atoms with E-state index in [1.807, 2.05) is 35.2 Å². The van der Waals surface area contributed by atoms with Crippen molar-refractivity contribution in [3.8, 4) is 11.1 Å². The first-order valence-corrected chi connectivity index (χ1v) is 10.1. The molecule has 30 heavy (non-hydrogen) atoms. The highest BCUT2D eigenvalue weighted by Gasteiger charge is 2.33. The van der Waals surface area contributed by atoms with Gasteiger partial charge in [-0.05, 0) is 35.6 Å². The highest BCUT2D eigenvalue weighted by Crippen LogP contribution is 2.28. The van der Waals surface area contributed by atoms with Crippen molar-refractivity contribution >= 4 is 17.6 Å². The average Bonchev–Trinajstić information content (AvgIpc) is 3.24. The van der Waals surface area contributed by atoms with Crippen LogP contribution >= 0.6 is 0 Å². The predicted molar refractivity (Wildman–Crippen MR) is 114 cm³/mol. The average molecular weight is 404 g/mol. The molecule has 1 unspecified atom stereocenters. The number of nitrogens with zero attached hydrogens (tertiary/aromatic N) is 2. The van der Waals surface area contributed by atoms with Crippen LogP contribution < -0.4 is 5.32 Å². The number of aromatic nitrogens is 2. The van der Waals surface area contributed by atoms with Gasteiger partial charge in [-0.25, -0.2) is 4.79 Å². The summed E-state index contributed by atoms with van der Waals surface area (Å²) in [5.41, 5.74) is 3.99. The van der Waals surface area contributed by atoms with Gasteiger partial charge in [-0.15, -0.1) is 0 Å². The zero-order valence-corrected chi connectivity index (χ0v) is 16.8. The Balaban J connectivity index is 1.57. The number of carboxylic acid groups (broad SMARTS) is 1. The van der Waals surface area contributed by atoms with Gasteiger partial charge in [-0.2, -0.15) is 5.10 Å². The number of unbranched alkanes of at least 4 members (excludes halogenated alkanes) is 1. The Morgan fingerprint density at radius 3 is 2.67 bits per heavy atom.